The van der Waals surface area contributed by atoms with Gasteiger partial charge in [0.15, 0.2) is 0 Å². The molecule has 6 heteroatoms. The monoisotopic (exact) mass is 437 g/mol. The van der Waals surface area contributed by atoms with Crippen molar-refractivity contribution in [3.63, 3.8) is 0 Å². The van der Waals surface area contributed by atoms with Gasteiger partial charge >= 0.3 is 0 Å². The van der Waals surface area contributed by atoms with E-state index in [4.69, 9.17) is 0 Å². The third-order valence-electron chi connectivity index (χ3n) is 6.52. The minimum atomic E-state index is -0.213. The van der Waals surface area contributed by atoms with Crippen molar-refractivity contribution in [1.29, 1.82) is 0 Å². The minimum absolute atomic E-state index is 0.0379. The number of amides is 1. The number of nitrogens with one attached hydrogen (secondary N) is 1. The number of anilines is 1. The van der Waals surface area contributed by atoms with E-state index in [0.29, 0.717) is 11.3 Å². The summed E-state index contributed by atoms with van der Waals surface area (Å²) in [6.07, 6.45) is 4.52. The van der Waals surface area contributed by atoms with Crippen LogP contribution < -0.4 is 10.9 Å². The van der Waals surface area contributed by atoms with Crippen LogP contribution in [0.15, 0.2) is 23.3 Å². The topological polar surface area (TPSA) is 64.0 Å². The normalized spacial score (nSPS) is 16.4. The summed E-state index contributed by atoms with van der Waals surface area (Å²) >= 11 is 1.64. The zero-order valence-electron chi connectivity index (χ0n) is 19.3. The molecule has 1 atom stereocenters. The molecule has 1 aliphatic carbocycles. The lowest BCUT2D eigenvalue weighted by Crippen LogP contribution is -2.29. The molecule has 0 aliphatic heterocycles. The molecule has 3 aromatic rings. The quantitative estimate of drug-likeness (QED) is 0.615. The smallest absolute Gasteiger partial charge is 0.262 e. The van der Waals surface area contributed by atoms with Gasteiger partial charge in [0.1, 0.15) is 11.4 Å². The van der Waals surface area contributed by atoms with Gasteiger partial charge in [0, 0.05) is 10.6 Å². The van der Waals surface area contributed by atoms with Crippen molar-refractivity contribution < 1.29 is 4.79 Å². The van der Waals surface area contributed by atoms with Gasteiger partial charge in [0.05, 0.1) is 11.7 Å². The average molecular weight is 438 g/mol. The van der Waals surface area contributed by atoms with Crippen LogP contribution in [0, 0.1) is 32.1 Å². The molecule has 2 aromatic heterocycles. The van der Waals surface area contributed by atoms with Crippen molar-refractivity contribution in [1.82, 2.24) is 9.55 Å². The molecular formula is C25H31N3O2S. The Balaban J connectivity index is 1.61. The van der Waals surface area contributed by atoms with Crippen LogP contribution >= 0.6 is 11.3 Å². The first-order chi connectivity index (χ1) is 14.5. The van der Waals surface area contributed by atoms with Crippen LogP contribution in [0.2, 0.25) is 0 Å². The summed E-state index contributed by atoms with van der Waals surface area (Å²) in [5.74, 6) is 0.400. The van der Waals surface area contributed by atoms with Crippen molar-refractivity contribution in [2.24, 2.45) is 11.3 Å². The molecule has 0 saturated heterocycles. The Labute approximate surface area is 187 Å². The molecule has 0 spiro atoms. The highest BCUT2D eigenvalue weighted by atomic mass is 32.1. The molecular weight excluding hydrogens is 406 g/mol. The van der Waals surface area contributed by atoms with Gasteiger partial charge in [-0.2, -0.15) is 0 Å². The predicted molar refractivity (Wildman–Crippen MR) is 128 cm³/mol. The number of hydrogen-bond acceptors (Lipinski definition) is 4. The number of rotatable bonds is 3. The molecule has 0 bridgehead atoms. The van der Waals surface area contributed by atoms with Crippen LogP contribution in [0.1, 0.15) is 54.3 Å². The Morgan fingerprint density at radius 1 is 1.23 bits per heavy atom. The highest BCUT2D eigenvalue weighted by Crippen LogP contribution is 2.41. The van der Waals surface area contributed by atoms with E-state index in [1.54, 1.807) is 11.3 Å². The Kier molecular flexibility index (Phi) is 5.54. The number of benzene rings is 1. The Morgan fingerprint density at radius 2 is 1.90 bits per heavy atom. The maximum Gasteiger partial charge on any atom is 0.262 e. The second-order valence-corrected chi connectivity index (χ2v) is 11.1. The van der Waals surface area contributed by atoms with Crippen molar-refractivity contribution in [2.75, 3.05) is 5.32 Å². The molecule has 1 unspecified atom stereocenters. The van der Waals surface area contributed by atoms with Gasteiger partial charge in [-0.15, -0.1) is 11.3 Å². The van der Waals surface area contributed by atoms with Crippen molar-refractivity contribution >= 4 is 33.1 Å². The molecule has 5 nitrogen and oxygen atoms in total. The molecule has 1 aliphatic rings. The number of aromatic nitrogens is 2. The maximum absolute atomic E-state index is 13.3. The van der Waals surface area contributed by atoms with E-state index in [9.17, 15) is 9.59 Å². The average Bonchev–Trinajstić information content (AvgIpc) is 3.04. The summed E-state index contributed by atoms with van der Waals surface area (Å²) in [5, 5.41) is 3.70. The van der Waals surface area contributed by atoms with Gasteiger partial charge in [-0.05, 0) is 68.1 Å². The van der Waals surface area contributed by atoms with Crippen molar-refractivity contribution in [3.8, 4) is 0 Å². The van der Waals surface area contributed by atoms with Gasteiger partial charge in [-0.1, -0.05) is 38.5 Å². The Morgan fingerprint density at radius 3 is 2.55 bits per heavy atom. The first-order valence-corrected chi connectivity index (χ1v) is 11.7. The molecule has 1 N–H and O–H groups in total. The third-order valence-corrected chi connectivity index (χ3v) is 7.68. The molecule has 1 amide bonds. The van der Waals surface area contributed by atoms with E-state index < -0.39 is 0 Å². The van der Waals surface area contributed by atoms with E-state index in [0.717, 1.165) is 52.0 Å². The number of carbonyl (C=O) groups is 1. The molecule has 0 radical (unpaired) electrons. The van der Waals surface area contributed by atoms with Gasteiger partial charge in [0.2, 0.25) is 5.91 Å². The summed E-state index contributed by atoms with van der Waals surface area (Å²) in [6.45, 7) is 12.8. The molecule has 164 valence electrons. The SMILES string of the molecule is Cc1cc(C)c(NC(=O)Cn2cnc3sc4c(c3c2=O)CCC(C(C)(C)C)C4)c(C)c1. The zero-order valence-corrected chi connectivity index (χ0v) is 20.1. The number of thiophene rings is 1. The van der Waals surface area contributed by atoms with Crippen LogP contribution in [0.3, 0.4) is 0 Å². The van der Waals surface area contributed by atoms with Gasteiger partial charge in [-0.3, -0.25) is 14.2 Å². The second kappa shape index (κ2) is 7.90. The lowest BCUT2D eigenvalue weighted by Gasteiger charge is -2.33. The second-order valence-electron chi connectivity index (χ2n) is 9.99. The summed E-state index contributed by atoms with van der Waals surface area (Å²) in [4.78, 5) is 32.6. The number of hydrogen-bond donors (Lipinski definition) is 1. The minimum Gasteiger partial charge on any atom is -0.324 e. The van der Waals surface area contributed by atoms with Gasteiger partial charge in [-0.25, -0.2) is 4.98 Å². The van der Waals surface area contributed by atoms with Gasteiger partial charge < -0.3 is 5.32 Å². The largest absolute Gasteiger partial charge is 0.324 e. The summed E-state index contributed by atoms with van der Waals surface area (Å²) in [5.41, 5.74) is 5.32. The first-order valence-electron chi connectivity index (χ1n) is 10.9. The van der Waals surface area contributed by atoms with Gasteiger partial charge in [0.25, 0.3) is 5.56 Å². The molecule has 2 heterocycles. The molecule has 31 heavy (non-hydrogen) atoms. The number of nitrogens with zero attached hydrogens (tertiary/aromatic N) is 2. The van der Waals surface area contributed by atoms with Crippen LogP contribution in [0.5, 0.6) is 0 Å². The van der Waals surface area contributed by atoms with Crippen molar-refractivity contribution in [2.45, 2.75) is 67.3 Å². The summed E-state index contributed by atoms with van der Waals surface area (Å²) in [6, 6.07) is 4.09. The van der Waals surface area contributed by atoms with E-state index in [-0.39, 0.29) is 23.4 Å². The van der Waals surface area contributed by atoms with E-state index in [2.05, 4.69) is 31.1 Å². The summed E-state index contributed by atoms with van der Waals surface area (Å²) in [7, 11) is 0. The van der Waals surface area contributed by atoms with Crippen LogP contribution in [0.25, 0.3) is 10.2 Å². The fourth-order valence-electron chi connectivity index (χ4n) is 4.76. The van der Waals surface area contributed by atoms with Crippen molar-refractivity contribution in [3.05, 3.63) is 55.9 Å². The Hall–Kier alpha value is -2.47. The van der Waals surface area contributed by atoms with E-state index in [1.807, 2.05) is 32.9 Å². The molecule has 0 fully saturated rings. The predicted octanol–water partition coefficient (Wildman–Crippen LogP) is 5.17. The fourth-order valence-corrected chi connectivity index (χ4v) is 6.02. The zero-order chi connectivity index (χ0) is 22.5. The first kappa shape index (κ1) is 21.8. The lowest BCUT2D eigenvalue weighted by molar-refractivity contribution is -0.116. The molecule has 4 rings (SSSR count). The summed E-state index contributed by atoms with van der Waals surface area (Å²) < 4.78 is 1.44. The van der Waals surface area contributed by atoms with E-state index >= 15 is 0 Å². The maximum atomic E-state index is 13.3. The number of fused-ring (bicyclic) bond motifs is 3. The lowest BCUT2D eigenvalue weighted by atomic mass is 9.72. The highest BCUT2D eigenvalue weighted by molar-refractivity contribution is 7.18. The molecule has 1 aromatic carbocycles. The number of aryl methyl sites for hydroxylation is 4. The van der Waals surface area contributed by atoms with Crippen LogP contribution in [-0.2, 0) is 24.2 Å². The van der Waals surface area contributed by atoms with Crippen LogP contribution in [-0.4, -0.2) is 15.5 Å². The van der Waals surface area contributed by atoms with E-state index in [1.165, 1.54) is 15.8 Å². The highest BCUT2D eigenvalue weighted by Gasteiger charge is 2.31. The Bertz CT molecular complexity index is 1210. The molecule has 0 saturated carbocycles. The number of carbonyl (C=O) groups excluding carboxylic acids is 1. The standard InChI is InChI=1S/C25H31N3O2S/c1-14-9-15(2)22(16(3)10-14)27-20(29)12-28-13-26-23-21(24(28)30)18-8-7-17(25(4,5)6)11-19(18)31-23/h9-10,13,17H,7-8,11-12H2,1-6H3,(H,27,29). The van der Waals surface area contributed by atoms with Crippen LogP contribution in [0.4, 0.5) is 5.69 Å². The third kappa shape index (κ3) is 4.18. The fraction of sp³-hybridized carbons (Fsp3) is 0.480.